The highest BCUT2D eigenvalue weighted by molar-refractivity contribution is 6.30. The summed E-state index contributed by atoms with van der Waals surface area (Å²) < 4.78 is 11.1. The van der Waals surface area contributed by atoms with Gasteiger partial charge in [-0.3, -0.25) is 20.4 Å². The maximum atomic E-state index is 12.2. The number of hydrazine groups is 1. The topological polar surface area (TPSA) is 76.7 Å². The molecular formula is C21H25ClN2O4. The van der Waals surface area contributed by atoms with Crippen molar-refractivity contribution in [3.63, 3.8) is 0 Å². The molecule has 0 bridgehead atoms. The molecule has 1 unspecified atom stereocenters. The molecule has 2 N–H and O–H groups in total. The maximum Gasteiger partial charge on any atom is 0.279 e. The molecule has 2 aromatic carbocycles. The van der Waals surface area contributed by atoms with Crippen LogP contribution < -0.4 is 20.3 Å². The van der Waals surface area contributed by atoms with Crippen molar-refractivity contribution in [3.8, 4) is 11.5 Å². The summed E-state index contributed by atoms with van der Waals surface area (Å²) in [6, 6.07) is 13.4. The van der Waals surface area contributed by atoms with Crippen LogP contribution in [0, 0.1) is 5.92 Å². The number of hydrogen-bond donors (Lipinski definition) is 2. The summed E-state index contributed by atoms with van der Waals surface area (Å²) in [5.74, 6) is 0.870. The third kappa shape index (κ3) is 7.12. The molecule has 150 valence electrons. The summed E-state index contributed by atoms with van der Waals surface area (Å²) in [6.07, 6.45) is 0.170. The molecule has 0 aliphatic rings. The lowest BCUT2D eigenvalue weighted by atomic mass is 10.1. The molecule has 2 amide bonds. The monoisotopic (exact) mass is 404 g/mol. The SMILES string of the molecule is CC(C)CCOc1ccc(C(=O)NNC(=O)C(C)Oc2ccc(Cl)cc2)cc1. The summed E-state index contributed by atoms with van der Waals surface area (Å²) in [5, 5.41) is 0.577. The van der Waals surface area contributed by atoms with E-state index in [0.29, 0.717) is 34.6 Å². The third-order valence-electron chi connectivity index (χ3n) is 3.88. The Bertz CT molecular complexity index is 776. The molecule has 0 aliphatic heterocycles. The van der Waals surface area contributed by atoms with Gasteiger partial charge in [-0.25, -0.2) is 0 Å². The minimum Gasteiger partial charge on any atom is -0.494 e. The second-order valence-electron chi connectivity index (χ2n) is 6.71. The van der Waals surface area contributed by atoms with Gasteiger partial charge < -0.3 is 9.47 Å². The van der Waals surface area contributed by atoms with Crippen LogP contribution in [0.15, 0.2) is 48.5 Å². The van der Waals surface area contributed by atoms with Gasteiger partial charge in [-0.2, -0.15) is 0 Å². The Morgan fingerprint density at radius 2 is 1.54 bits per heavy atom. The second kappa shape index (κ2) is 10.6. The molecule has 6 nitrogen and oxygen atoms in total. The summed E-state index contributed by atoms with van der Waals surface area (Å²) in [7, 11) is 0. The van der Waals surface area contributed by atoms with E-state index in [1.54, 1.807) is 55.5 Å². The fourth-order valence-corrected chi connectivity index (χ4v) is 2.30. The molecule has 0 fully saturated rings. The van der Waals surface area contributed by atoms with Crippen LogP contribution in [0.2, 0.25) is 5.02 Å². The summed E-state index contributed by atoms with van der Waals surface area (Å²) >= 11 is 5.81. The van der Waals surface area contributed by atoms with Gasteiger partial charge in [0.25, 0.3) is 11.8 Å². The Kier molecular flexibility index (Phi) is 8.14. The number of rotatable bonds is 8. The van der Waals surface area contributed by atoms with Gasteiger partial charge in [0.05, 0.1) is 6.61 Å². The Labute approximate surface area is 170 Å². The minimum atomic E-state index is -0.793. The summed E-state index contributed by atoms with van der Waals surface area (Å²) in [6.45, 7) is 6.48. The predicted molar refractivity (Wildman–Crippen MR) is 109 cm³/mol. The first kappa shape index (κ1) is 21.6. The number of ether oxygens (including phenoxy) is 2. The average molecular weight is 405 g/mol. The van der Waals surface area contributed by atoms with E-state index in [1.807, 2.05) is 0 Å². The third-order valence-corrected chi connectivity index (χ3v) is 4.13. The van der Waals surface area contributed by atoms with Crippen LogP contribution in [0.5, 0.6) is 11.5 Å². The zero-order valence-electron chi connectivity index (χ0n) is 16.2. The number of nitrogens with one attached hydrogen (secondary N) is 2. The van der Waals surface area contributed by atoms with Crippen LogP contribution in [0.25, 0.3) is 0 Å². The first-order valence-electron chi connectivity index (χ1n) is 9.10. The highest BCUT2D eigenvalue weighted by atomic mass is 35.5. The molecule has 1 atom stereocenters. The molecule has 0 heterocycles. The minimum absolute atomic E-state index is 0.405. The van der Waals surface area contributed by atoms with Crippen LogP contribution >= 0.6 is 11.6 Å². The molecule has 0 saturated heterocycles. The molecule has 2 rings (SSSR count). The van der Waals surface area contributed by atoms with Gasteiger partial charge in [0.2, 0.25) is 0 Å². The molecule has 0 saturated carbocycles. The van der Waals surface area contributed by atoms with Crippen molar-refractivity contribution >= 4 is 23.4 Å². The van der Waals surface area contributed by atoms with Crippen LogP contribution in [-0.2, 0) is 4.79 Å². The fraction of sp³-hybridized carbons (Fsp3) is 0.333. The quantitative estimate of drug-likeness (QED) is 0.652. The number of halogens is 1. The van der Waals surface area contributed by atoms with Gasteiger partial charge in [0, 0.05) is 10.6 Å². The first-order valence-corrected chi connectivity index (χ1v) is 9.48. The van der Waals surface area contributed by atoms with E-state index in [9.17, 15) is 9.59 Å². The van der Waals surface area contributed by atoms with Gasteiger partial charge in [-0.15, -0.1) is 0 Å². The van der Waals surface area contributed by atoms with Gasteiger partial charge in [0.15, 0.2) is 6.10 Å². The standard InChI is InChI=1S/C21H25ClN2O4/c1-14(2)12-13-27-18-8-4-16(5-9-18)21(26)24-23-20(25)15(3)28-19-10-6-17(22)7-11-19/h4-11,14-15H,12-13H2,1-3H3,(H,23,25)(H,24,26). The zero-order chi connectivity index (χ0) is 20.5. The van der Waals surface area contributed by atoms with E-state index in [1.165, 1.54) is 0 Å². The van der Waals surface area contributed by atoms with Crippen molar-refractivity contribution in [1.29, 1.82) is 0 Å². The number of amides is 2. The highest BCUT2D eigenvalue weighted by Gasteiger charge is 2.16. The van der Waals surface area contributed by atoms with E-state index in [-0.39, 0.29) is 0 Å². The Morgan fingerprint density at radius 3 is 2.14 bits per heavy atom. The van der Waals surface area contributed by atoms with Gasteiger partial charge in [-0.05, 0) is 67.8 Å². The largest absolute Gasteiger partial charge is 0.494 e. The van der Waals surface area contributed by atoms with Gasteiger partial charge in [-0.1, -0.05) is 25.4 Å². The van der Waals surface area contributed by atoms with Gasteiger partial charge >= 0.3 is 0 Å². The average Bonchev–Trinajstić information content (AvgIpc) is 2.67. The van der Waals surface area contributed by atoms with Crippen LogP contribution in [-0.4, -0.2) is 24.5 Å². The lowest BCUT2D eigenvalue weighted by molar-refractivity contribution is -0.128. The van der Waals surface area contributed by atoms with Crippen LogP contribution in [0.4, 0.5) is 0 Å². The Balaban J connectivity index is 1.78. The second-order valence-corrected chi connectivity index (χ2v) is 7.15. The lowest BCUT2D eigenvalue weighted by Gasteiger charge is -2.15. The van der Waals surface area contributed by atoms with Crippen molar-refractivity contribution in [1.82, 2.24) is 10.9 Å². The molecule has 0 aliphatic carbocycles. The molecule has 0 radical (unpaired) electrons. The number of carbonyl (C=O) groups is 2. The first-order chi connectivity index (χ1) is 13.3. The van der Waals surface area contributed by atoms with Gasteiger partial charge in [0.1, 0.15) is 11.5 Å². The van der Waals surface area contributed by atoms with Crippen molar-refractivity contribution in [2.45, 2.75) is 33.3 Å². The van der Waals surface area contributed by atoms with Crippen molar-refractivity contribution in [3.05, 3.63) is 59.1 Å². The molecule has 0 spiro atoms. The van der Waals surface area contributed by atoms with Crippen molar-refractivity contribution < 1.29 is 19.1 Å². The summed E-state index contributed by atoms with van der Waals surface area (Å²) in [4.78, 5) is 24.2. The molecular weight excluding hydrogens is 380 g/mol. The smallest absolute Gasteiger partial charge is 0.279 e. The molecule has 0 aromatic heterocycles. The van der Waals surface area contributed by atoms with Crippen molar-refractivity contribution in [2.24, 2.45) is 5.92 Å². The molecule has 7 heteroatoms. The van der Waals surface area contributed by atoms with E-state index in [2.05, 4.69) is 24.7 Å². The van der Waals surface area contributed by atoms with E-state index < -0.39 is 17.9 Å². The predicted octanol–water partition coefficient (Wildman–Crippen LogP) is 3.99. The molecule has 2 aromatic rings. The normalized spacial score (nSPS) is 11.6. The van der Waals surface area contributed by atoms with E-state index in [4.69, 9.17) is 21.1 Å². The highest BCUT2D eigenvalue weighted by Crippen LogP contribution is 2.17. The lowest BCUT2D eigenvalue weighted by Crippen LogP contribution is -2.47. The van der Waals surface area contributed by atoms with E-state index >= 15 is 0 Å². The fourth-order valence-electron chi connectivity index (χ4n) is 2.18. The Morgan fingerprint density at radius 1 is 0.929 bits per heavy atom. The van der Waals surface area contributed by atoms with E-state index in [0.717, 1.165) is 6.42 Å². The Hall–Kier alpha value is -2.73. The number of carbonyl (C=O) groups excluding carboxylic acids is 2. The molecule has 28 heavy (non-hydrogen) atoms. The van der Waals surface area contributed by atoms with Crippen LogP contribution in [0.1, 0.15) is 37.6 Å². The van der Waals surface area contributed by atoms with Crippen LogP contribution in [0.3, 0.4) is 0 Å². The zero-order valence-corrected chi connectivity index (χ0v) is 17.0. The summed E-state index contributed by atoms with van der Waals surface area (Å²) in [5.41, 5.74) is 5.13. The van der Waals surface area contributed by atoms with Crippen molar-refractivity contribution in [2.75, 3.05) is 6.61 Å². The number of hydrogen-bond acceptors (Lipinski definition) is 4. The maximum absolute atomic E-state index is 12.2. The number of benzene rings is 2.